The number of rotatable bonds is 6. The fraction of sp³-hybridized carbons (Fsp3) is 0.700. The Morgan fingerprint density at radius 3 is 2.82 bits per heavy atom. The molecule has 0 spiro atoms. The van der Waals surface area contributed by atoms with Crippen molar-refractivity contribution in [2.24, 2.45) is 5.92 Å². The Bertz CT molecular complexity index is 363. The summed E-state index contributed by atoms with van der Waals surface area (Å²) < 4.78 is 6.45. The van der Waals surface area contributed by atoms with Gasteiger partial charge < -0.3 is 15.8 Å². The first-order valence-electron chi connectivity index (χ1n) is 5.46. The average molecular weight is 241 g/mol. The SMILES string of the molecule is COCC(NC(=O)Cn1cnc(N)n1)C(C)C. The molecule has 1 aromatic heterocycles. The van der Waals surface area contributed by atoms with Gasteiger partial charge in [0, 0.05) is 7.11 Å². The van der Waals surface area contributed by atoms with Gasteiger partial charge in [0.15, 0.2) is 0 Å². The maximum atomic E-state index is 11.7. The zero-order chi connectivity index (χ0) is 12.8. The van der Waals surface area contributed by atoms with E-state index >= 15 is 0 Å². The molecule has 1 aromatic rings. The number of hydrogen-bond donors (Lipinski definition) is 2. The molecule has 0 fully saturated rings. The first kappa shape index (κ1) is 13.4. The molecule has 0 saturated heterocycles. The third kappa shape index (κ3) is 4.39. The molecule has 7 heteroatoms. The van der Waals surface area contributed by atoms with Crippen LogP contribution in [0.4, 0.5) is 5.95 Å². The molecule has 0 aliphatic carbocycles. The van der Waals surface area contributed by atoms with Crippen molar-refractivity contribution in [1.29, 1.82) is 0 Å². The lowest BCUT2D eigenvalue weighted by Gasteiger charge is -2.21. The number of nitrogens with two attached hydrogens (primary N) is 1. The number of aromatic nitrogens is 3. The van der Waals surface area contributed by atoms with E-state index < -0.39 is 0 Å². The highest BCUT2D eigenvalue weighted by Gasteiger charge is 2.16. The van der Waals surface area contributed by atoms with Gasteiger partial charge in [-0.15, -0.1) is 5.10 Å². The molecule has 1 rings (SSSR count). The quantitative estimate of drug-likeness (QED) is 0.709. The van der Waals surface area contributed by atoms with Gasteiger partial charge in [-0.3, -0.25) is 4.79 Å². The second kappa shape index (κ2) is 6.19. The van der Waals surface area contributed by atoms with Crippen molar-refractivity contribution in [3.05, 3.63) is 6.33 Å². The molecule has 7 nitrogen and oxygen atoms in total. The van der Waals surface area contributed by atoms with Crippen molar-refractivity contribution < 1.29 is 9.53 Å². The third-order valence-corrected chi connectivity index (χ3v) is 2.36. The normalized spacial score (nSPS) is 12.7. The lowest BCUT2D eigenvalue weighted by molar-refractivity contribution is -0.123. The first-order valence-corrected chi connectivity index (χ1v) is 5.46. The second-order valence-corrected chi connectivity index (χ2v) is 4.17. The molecule has 1 unspecified atom stereocenters. The van der Waals surface area contributed by atoms with E-state index in [1.165, 1.54) is 11.0 Å². The van der Waals surface area contributed by atoms with Crippen LogP contribution in [0.2, 0.25) is 0 Å². The van der Waals surface area contributed by atoms with Crippen LogP contribution in [0.1, 0.15) is 13.8 Å². The third-order valence-electron chi connectivity index (χ3n) is 2.36. The molecule has 96 valence electrons. The number of nitrogens with zero attached hydrogens (tertiary/aromatic N) is 3. The molecule has 1 heterocycles. The highest BCUT2D eigenvalue weighted by Crippen LogP contribution is 2.02. The lowest BCUT2D eigenvalue weighted by atomic mass is 10.1. The lowest BCUT2D eigenvalue weighted by Crippen LogP contribution is -2.43. The zero-order valence-electron chi connectivity index (χ0n) is 10.4. The molecule has 1 amide bonds. The van der Waals surface area contributed by atoms with Crippen LogP contribution in [0, 0.1) is 5.92 Å². The van der Waals surface area contributed by atoms with E-state index in [0.29, 0.717) is 12.5 Å². The van der Waals surface area contributed by atoms with Gasteiger partial charge in [0.1, 0.15) is 12.9 Å². The van der Waals surface area contributed by atoms with Crippen molar-refractivity contribution in [2.45, 2.75) is 26.4 Å². The van der Waals surface area contributed by atoms with E-state index in [1.54, 1.807) is 7.11 Å². The van der Waals surface area contributed by atoms with Crippen molar-refractivity contribution in [3.63, 3.8) is 0 Å². The Balaban J connectivity index is 2.47. The summed E-state index contributed by atoms with van der Waals surface area (Å²) in [5, 5.41) is 6.72. The van der Waals surface area contributed by atoms with Crippen molar-refractivity contribution in [3.8, 4) is 0 Å². The van der Waals surface area contributed by atoms with Gasteiger partial charge in [-0.25, -0.2) is 9.67 Å². The fourth-order valence-electron chi connectivity index (χ4n) is 1.37. The van der Waals surface area contributed by atoms with Crippen LogP contribution in [0.3, 0.4) is 0 Å². The Labute approximate surface area is 100 Å². The van der Waals surface area contributed by atoms with Gasteiger partial charge in [-0.2, -0.15) is 0 Å². The van der Waals surface area contributed by atoms with Crippen molar-refractivity contribution >= 4 is 11.9 Å². The molecule has 0 aromatic carbocycles. The summed E-state index contributed by atoms with van der Waals surface area (Å²) in [6.07, 6.45) is 1.43. The number of amides is 1. The van der Waals surface area contributed by atoms with Gasteiger partial charge in [-0.1, -0.05) is 13.8 Å². The molecular weight excluding hydrogens is 222 g/mol. The van der Waals surface area contributed by atoms with Crippen LogP contribution in [0.5, 0.6) is 0 Å². The van der Waals surface area contributed by atoms with Crippen LogP contribution < -0.4 is 11.1 Å². The van der Waals surface area contributed by atoms with Gasteiger partial charge in [0.2, 0.25) is 11.9 Å². The number of methoxy groups -OCH3 is 1. The summed E-state index contributed by atoms with van der Waals surface area (Å²) in [7, 11) is 1.61. The smallest absolute Gasteiger partial charge is 0.242 e. The van der Waals surface area contributed by atoms with Crippen LogP contribution >= 0.6 is 0 Å². The molecule has 0 aliphatic heterocycles. The van der Waals surface area contributed by atoms with Crippen LogP contribution in [-0.4, -0.2) is 40.4 Å². The molecule has 0 aliphatic rings. The van der Waals surface area contributed by atoms with E-state index in [4.69, 9.17) is 10.5 Å². The zero-order valence-corrected chi connectivity index (χ0v) is 10.4. The Hall–Kier alpha value is -1.63. The Morgan fingerprint density at radius 2 is 2.35 bits per heavy atom. The predicted octanol–water partition coefficient (Wildman–Crippen LogP) is -0.352. The van der Waals surface area contributed by atoms with E-state index in [0.717, 1.165) is 0 Å². The number of nitrogen functional groups attached to an aromatic ring is 1. The maximum absolute atomic E-state index is 11.7. The molecule has 1 atom stereocenters. The van der Waals surface area contributed by atoms with Crippen LogP contribution in [-0.2, 0) is 16.1 Å². The van der Waals surface area contributed by atoms with E-state index in [9.17, 15) is 4.79 Å². The highest BCUT2D eigenvalue weighted by atomic mass is 16.5. The maximum Gasteiger partial charge on any atom is 0.242 e. The summed E-state index contributed by atoms with van der Waals surface area (Å²) >= 11 is 0. The minimum atomic E-state index is -0.134. The summed E-state index contributed by atoms with van der Waals surface area (Å²) in [5.41, 5.74) is 5.36. The summed E-state index contributed by atoms with van der Waals surface area (Å²) in [6.45, 7) is 4.65. The van der Waals surface area contributed by atoms with Crippen LogP contribution in [0.25, 0.3) is 0 Å². The van der Waals surface area contributed by atoms with Gasteiger partial charge in [0.05, 0.1) is 12.6 Å². The van der Waals surface area contributed by atoms with Gasteiger partial charge in [0.25, 0.3) is 0 Å². The minimum absolute atomic E-state index is 0.00614. The summed E-state index contributed by atoms with van der Waals surface area (Å²) in [6, 6.07) is -0.00614. The van der Waals surface area contributed by atoms with E-state index in [1.807, 2.05) is 13.8 Å². The number of ether oxygens (including phenoxy) is 1. The molecule has 17 heavy (non-hydrogen) atoms. The topological polar surface area (TPSA) is 95.1 Å². The number of nitrogens with one attached hydrogen (secondary N) is 1. The molecule has 3 N–H and O–H groups in total. The summed E-state index contributed by atoms with van der Waals surface area (Å²) in [4.78, 5) is 15.5. The standard InChI is InChI=1S/C10H19N5O2/c1-7(2)8(5-17-3)13-9(16)4-15-6-12-10(11)14-15/h6-8H,4-5H2,1-3H3,(H2,11,14)(H,13,16). The number of carbonyl (C=O) groups excluding carboxylic acids is 1. The predicted molar refractivity (Wildman–Crippen MR) is 63.1 cm³/mol. The van der Waals surface area contributed by atoms with Crippen molar-refractivity contribution in [2.75, 3.05) is 19.5 Å². The number of hydrogen-bond acceptors (Lipinski definition) is 5. The Morgan fingerprint density at radius 1 is 1.65 bits per heavy atom. The number of anilines is 1. The molecule has 0 saturated carbocycles. The second-order valence-electron chi connectivity index (χ2n) is 4.17. The largest absolute Gasteiger partial charge is 0.383 e. The van der Waals surface area contributed by atoms with E-state index in [-0.39, 0.29) is 24.4 Å². The van der Waals surface area contributed by atoms with E-state index in [2.05, 4.69) is 15.4 Å². The highest BCUT2D eigenvalue weighted by molar-refractivity contribution is 5.76. The summed E-state index contributed by atoms with van der Waals surface area (Å²) in [5.74, 6) is 0.334. The molecular formula is C10H19N5O2. The molecule has 0 bridgehead atoms. The van der Waals surface area contributed by atoms with Gasteiger partial charge >= 0.3 is 0 Å². The number of carbonyl (C=O) groups is 1. The van der Waals surface area contributed by atoms with Gasteiger partial charge in [-0.05, 0) is 5.92 Å². The Kier molecular flexibility index (Phi) is 4.89. The first-order chi connectivity index (χ1) is 8.02. The molecule has 0 radical (unpaired) electrons. The fourth-order valence-corrected chi connectivity index (χ4v) is 1.37. The monoisotopic (exact) mass is 241 g/mol. The van der Waals surface area contributed by atoms with Crippen LogP contribution in [0.15, 0.2) is 6.33 Å². The average Bonchev–Trinajstić information content (AvgIpc) is 2.63. The minimum Gasteiger partial charge on any atom is -0.383 e. The van der Waals surface area contributed by atoms with Crippen molar-refractivity contribution in [1.82, 2.24) is 20.1 Å².